The first-order valence-corrected chi connectivity index (χ1v) is 7.43. The maximum Gasteiger partial charge on any atom is 0.133 e. The highest BCUT2D eigenvalue weighted by atomic mass is 15.1. The zero-order chi connectivity index (χ0) is 13.8. The SMILES string of the molecule is CCN1CCC(Nc2cc(C)nc(C(C)C)n2)CC1. The number of nitrogens with one attached hydrogen (secondary N) is 1. The normalized spacial score (nSPS) is 17.9. The van der Waals surface area contributed by atoms with E-state index in [4.69, 9.17) is 0 Å². The summed E-state index contributed by atoms with van der Waals surface area (Å²) in [5, 5.41) is 3.58. The lowest BCUT2D eigenvalue weighted by Gasteiger charge is -2.31. The van der Waals surface area contributed by atoms with Crippen molar-refractivity contribution in [3.63, 3.8) is 0 Å². The van der Waals surface area contributed by atoms with Gasteiger partial charge in [0.1, 0.15) is 11.6 Å². The third kappa shape index (κ3) is 3.90. The summed E-state index contributed by atoms with van der Waals surface area (Å²) < 4.78 is 0. The highest BCUT2D eigenvalue weighted by Crippen LogP contribution is 2.18. The Hall–Kier alpha value is -1.16. The van der Waals surface area contributed by atoms with Gasteiger partial charge in [-0.2, -0.15) is 0 Å². The summed E-state index contributed by atoms with van der Waals surface area (Å²) in [4.78, 5) is 11.6. The van der Waals surface area contributed by atoms with E-state index in [1.54, 1.807) is 0 Å². The molecule has 1 aliphatic rings. The van der Waals surface area contributed by atoms with Gasteiger partial charge in [0.25, 0.3) is 0 Å². The van der Waals surface area contributed by atoms with Gasteiger partial charge in [-0.1, -0.05) is 20.8 Å². The molecule has 106 valence electrons. The number of nitrogens with zero attached hydrogens (tertiary/aromatic N) is 3. The Balaban J connectivity index is 1.99. The summed E-state index contributed by atoms with van der Waals surface area (Å²) in [5.41, 5.74) is 1.05. The van der Waals surface area contributed by atoms with Gasteiger partial charge < -0.3 is 10.2 Å². The summed E-state index contributed by atoms with van der Waals surface area (Å²) in [5.74, 6) is 2.31. The van der Waals surface area contributed by atoms with Gasteiger partial charge in [0, 0.05) is 36.8 Å². The molecule has 2 heterocycles. The second-order valence-electron chi connectivity index (χ2n) is 5.76. The lowest BCUT2D eigenvalue weighted by atomic mass is 10.1. The van der Waals surface area contributed by atoms with Crippen LogP contribution in [0.1, 0.15) is 51.0 Å². The van der Waals surface area contributed by atoms with Gasteiger partial charge in [0.05, 0.1) is 0 Å². The highest BCUT2D eigenvalue weighted by Gasteiger charge is 2.18. The number of hydrogen-bond donors (Lipinski definition) is 1. The maximum atomic E-state index is 4.63. The standard InChI is InChI=1S/C15H26N4/c1-5-19-8-6-13(7-9-19)17-14-10-12(4)16-15(18-14)11(2)3/h10-11,13H,5-9H2,1-4H3,(H,16,17,18). The van der Waals surface area contributed by atoms with Crippen molar-refractivity contribution < 1.29 is 0 Å². The predicted molar refractivity (Wildman–Crippen MR) is 79.6 cm³/mol. The van der Waals surface area contributed by atoms with Gasteiger partial charge in [-0.05, 0) is 26.3 Å². The minimum atomic E-state index is 0.377. The smallest absolute Gasteiger partial charge is 0.133 e. The molecule has 0 bridgehead atoms. The van der Waals surface area contributed by atoms with Crippen molar-refractivity contribution in [1.82, 2.24) is 14.9 Å². The molecule has 0 amide bonds. The Bertz CT molecular complexity index is 409. The molecule has 4 nitrogen and oxygen atoms in total. The Kier molecular flexibility index (Phi) is 4.75. The van der Waals surface area contributed by atoms with Gasteiger partial charge in [-0.15, -0.1) is 0 Å². The first kappa shape index (κ1) is 14.3. The van der Waals surface area contributed by atoms with Crippen LogP contribution in [0.3, 0.4) is 0 Å². The maximum absolute atomic E-state index is 4.63. The van der Waals surface area contributed by atoms with E-state index in [9.17, 15) is 0 Å². The zero-order valence-electron chi connectivity index (χ0n) is 12.6. The van der Waals surface area contributed by atoms with Crippen molar-refractivity contribution in [2.24, 2.45) is 0 Å². The van der Waals surface area contributed by atoms with Crippen LogP contribution in [-0.2, 0) is 0 Å². The fourth-order valence-electron chi connectivity index (χ4n) is 2.53. The monoisotopic (exact) mass is 262 g/mol. The Labute approximate surface area is 116 Å². The third-order valence-electron chi connectivity index (χ3n) is 3.77. The van der Waals surface area contributed by atoms with Crippen molar-refractivity contribution >= 4 is 5.82 Å². The lowest BCUT2D eigenvalue weighted by molar-refractivity contribution is 0.229. The largest absolute Gasteiger partial charge is 0.367 e. The first-order valence-electron chi connectivity index (χ1n) is 7.43. The van der Waals surface area contributed by atoms with Crippen LogP contribution < -0.4 is 5.32 Å². The molecule has 0 unspecified atom stereocenters. The molecule has 0 saturated carbocycles. The van der Waals surface area contributed by atoms with Crippen LogP contribution >= 0.6 is 0 Å². The average Bonchev–Trinajstić information content (AvgIpc) is 2.39. The van der Waals surface area contributed by atoms with Gasteiger partial charge in [-0.3, -0.25) is 0 Å². The van der Waals surface area contributed by atoms with E-state index in [1.807, 2.05) is 6.92 Å². The van der Waals surface area contributed by atoms with E-state index in [2.05, 4.69) is 47.0 Å². The van der Waals surface area contributed by atoms with E-state index >= 15 is 0 Å². The predicted octanol–water partition coefficient (Wildman–Crippen LogP) is 2.80. The quantitative estimate of drug-likeness (QED) is 0.906. The van der Waals surface area contributed by atoms with Crippen LogP contribution in [0.25, 0.3) is 0 Å². The van der Waals surface area contributed by atoms with Crippen LogP contribution in [0.2, 0.25) is 0 Å². The van der Waals surface area contributed by atoms with E-state index < -0.39 is 0 Å². The first-order chi connectivity index (χ1) is 9.08. The van der Waals surface area contributed by atoms with Crippen LogP contribution in [0.15, 0.2) is 6.07 Å². The fourth-order valence-corrected chi connectivity index (χ4v) is 2.53. The number of hydrogen-bond acceptors (Lipinski definition) is 4. The summed E-state index contributed by atoms with van der Waals surface area (Å²) in [6.45, 7) is 12.1. The Morgan fingerprint density at radius 2 is 2.00 bits per heavy atom. The van der Waals surface area contributed by atoms with Gasteiger partial charge in [0.15, 0.2) is 0 Å². The molecule has 1 aromatic heterocycles. The molecule has 0 aromatic carbocycles. The van der Waals surface area contributed by atoms with Crippen molar-refractivity contribution in [1.29, 1.82) is 0 Å². The molecule has 0 aliphatic carbocycles. The number of rotatable bonds is 4. The van der Waals surface area contributed by atoms with Gasteiger partial charge >= 0.3 is 0 Å². The lowest BCUT2D eigenvalue weighted by Crippen LogP contribution is -2.39. The molecule has 1 N–H and O–H groups in total. The van der Waals surface area contributed by atoms with Crippen molar-refractivity contribution in [3.8, 4) is 0 Å². The minimum absolute atomic E-state index is 0.377. The number of likely N-dealkylation sites (tertiary alicyclic amines) is 1. The Morgan fingerprint density at radius 1 is 1.32 bits per heavy atom. The van der Waals surface area contributed by atoms with Crippen molar-refractivity contribution in [3.05, 3.63) is 17.6 Å². The molecule has 1 saturated heterocycles. The van der Waals surface area contributed by atoms with E-state index in [0.29, 0.717) is 12.0 Å². The Morgan fingerprint density at radius 3 is 2.58 bits per heavy atom. The van der Waals surface area contributed by atoms with Gasteiger partial charge in [-0.25, -0.2) is 9.97 Å². The van der Waals surface area contributed by atoms with Crippen LogP contribution in [0.4, 0.5) is 5.82 Å². The second-order valence-corrected chi connectivity index (χ2v) is 5.76. The van der Waals surface area contributed by atoms with Crippen molar-refractivity contribution in [2.45, 2.75) is 52.5 Å². The molecular weight excluding hydrogens is 236 g/mol. The molecule has 2 rings (SSSR count). The van der Waals surface area contributed by atoms with E-state index in [0.717, 1.165) is 23.9 Å². The molecule has 0 spiro atoms. The van der Waals surface area contributed by atoms with Crippen molar-refractivity contribution in [2.75, 3.05) is 25.0 Å². The topological polar surface area (TPSA) is 41.0 Å². The molecule has 1 aromatic rings. The molecule has 4 heteroatoms. The summed E-state index contributed by atoms with van der Waals surface area (Å²) in [6.07, 6.45) is 2.40. The number of aryl methyl sites for hydroxylation is 1. The molecule has 0 atom stereocenters. The fraction of sp³-hybridized carbons (Fsp3) is 0.733. The zero-order valence-corrected chi connectivity index (χ0v) is 12.6. The minimum Gasteiger partial charge on any atom is -0.367 e. The summed E-state index contributed by atoms with van der Waals surface area (Å²) in [7, 11) is 0. The number of anilines is 1. The van der Waals surface area contributed by atoms with E-state index in [-0.39, 0.29) is 0 Å². The van der Waals surface area contributed by atoms with Crippen LogP contribution in [0, 0.1) is 6.92 Å². The van der Waals surface area contributed by atoms with Gasteiger partial charge in [0.2, 0.25) is 0 Å². The van der Waals surface area contributed by atoms with E-state index in [1.165, 1.54) is 25.9 Å². The third-order valence-corrected chi connectivity index (χ3v) is 3.77. The molecule has 1 fully saturated rings. The average molecular weight is 262 g/mol. The highest BCUT2D eigenvalue weighted by molar-refractivity contribution is 5.37. The number of aromatic nitrogens is 2. The molecule has 19 heavy (non-hydrogen) atoms. The second kappa shape index (κ2) is 6.33. The summed E-state index contributed by atoms with van der Waals surface area (Å²) in [6, 6.07) is 2.61. The summed E-state index contributed by atoms with van der Waals surface area (Å²) >= 11 is 0. The van der Waals surface area contributed by atoms with Crippen LogP contribution in [-0.4, -0.2) is 40.5 Å². The number of piperidine rings is 1. The molecular formula is C15H26N4. The molecule has 1 aliphatic heterocycles. The van der Waals surface area contributed by atoms with Crippen LogP contribution in [0.5, 0.6) is 0 Å². The molecule has 0 radical (unpaired) electrons.